The van der Waals surface area contributed by atoms with Crippen LogP contribution in [0, 0.1) is 0 Å². The molecule has 0 aromatic carbocycles. The second-order valence-corrected chi connectivity index (χ2v) is 7.60. The summed E-state index contributed by atoms with van der Waals surface area (Å²) in [5.41, 5.74) is -0.632. The fourth-order valence-corrected chi connectivity index (χ4v) is 2.06. The lowest BCUT2D eigenvalue weighted by atomic mass is 9.97. The number of carbonyl (C=O) groups is 1. The maximum Gasteiger partial charge on any atom is 0.410 e. The number of hydrogen-bond acceptors (Lipinski definition) is 6. The van der Waals surface area contributed by atoms with E-state index in [9.17, 15) is 4.79 Å². The highest BCUT2D eigenvalue weighted by atomic mass is 16.6. The SMILES string of the molecule is CC(C)(C)OC(=O)N1CCN(c2noc(C(C)(C)C)n2)CC1. The van der Waals surface area contributed by atoms with Gasteiger partial charge in [-0.05, 0) is 25.9 Å². The Labute approximate surface area is 131 Å². The van der Waals surface area contributed by atoms with Gasteiger partial charge in [0.15, 0.2) is 0 Å². The van der Waals surface area contributed by atoms with Crippen molar-refractivity contribution in [2.45, 2.75) is 52.6 Å². The Kier molecular flexibility index (Phi) is 4.35. The molecule has 124 valence electrons. The molecular weight excluding hydrogens is 284 g/mol. The van der Waals surface area contributed by atoms with E-state index in [2.05, 4.69) is 10.1 Å². The van der Waals surface area contributed by atoms with E-state index < -0.39 is 5.60 Å². The predicted octanol–water partition coefficient (Wildman–Crippen LogP) is 2.42. The van der Waals surface area contributed by atoms with E-state index in [0.717, 1.165) is 0 Å². The monoisotopic (exact) mass is 310 g/mol. The third kappa shape index (κ3) is 4.11. The predicted molar refractivity (Wildman–Crippen MR) is 83.0 cm³/mol. The number of rotatable bonds is 1. The van der Waals surface area contributed by atoms with Crippen LogP contribution in [0.3, 0.4) is 0 Å². The summed E-state index contributed by atoms with van der Waals surface area (Å²) in [4.78, 5) is 20.2. The van der Waals surface area contributed by atoms with Gasteiger partial charge in [-0.2, -0.15) is 4.98 Å². The van der Waals surface area contributed by atoms with Gasteiger partial charge in [0.05, 0.1) is 0 Å². The zero-order valence-corrected chi connectivity index (χ0v) is 14.3. The van der Waals surface area contributed by atoms with Gasteiger partial charge in [-0.3, -0.25) is 0 Å². The van der Waals surface area contributed by atoms with Crippen molar-refractivity contribution >= 4 is 12.0 Å². The molecule has 0 atom stereocenters. The van der Waals surface area contributed by atoms with Crippen LogP contribution < -0.4 is 4.90 Å². The molecule has 0 N–H and O–H groups in total. The van der Waals surface area contributed by atoms with Gasteiger partial charge in [-0.1, -0.05) is 20.8 Å². The van der Waals surface area contributed by atoms with Gasteiger partial charge in [-0.25, -0.2) is 4.79 Å². The Morgan fingerprint density at radius 3 is 2.14 bits per heavy atom. The third-order valence-electron chi connectivity index (χ3n) is 3.27. The van der Waals surface area contributed by atoms with Crippen LogP contribution in [0.15, 0.2) is 4.52 Å². The number of amides is 1. The van der Waals surface area contributed by atoms with E-state index >= 15 is 0 Å². The van der Waals surface area contributed by atoms with Gasteiger partial charge in [-0.15, -0.1) is 0 Å². The van der Waals surface area contributed by atoms with Crippen LogP contribution in [0.4, 0.5) is 10.7 Å². The smallest absolute Gasteiger partial charge is 0.410 e. The standard InChI is InChI=1S/C15H26N4O3/c1-14(2,3)11-16-12(17-22-11)18-7-9-19(10-8-18)13(20)21-15(4,5)6/h7-10H2,1-6H3. The van der Waals surface area contributed by atoms with Crippen LogP contribution in [0.2, 0.25) is 0 Å². The molecule has 0 aliphatic carbocycles. The molecule has 1 aliphatic rings. The van der Waals surface area contributed by atoms with Crippen molar-refractivity contribution in [3.8, 4) is 0 Å². The molecule has 1 aliphatic heterocycles. The normalized spacial score (nSPS) is 16.8. The maximum absolute atomic E-state index is 12.0. The average Bonchev–Trinajstić information content (AvgIpc) is 2.86. The lowest BCUT2D eigenvalue weighted by Crippen LogP contribution is -2.50. The molecule has 0 saturated carbocycles. The first-order chi connectivity index (χ1) is 10.1. The lowest BCUT2D eigenvalue weighted by molar-refractivity contribution is 0.0240. The van der Waals surface area contributed by atoms with Crippen molar-refractivity contribution in [1.82, 2.24) is 15.0 Å². The minimum atomic E-state index is -0.469. The number of piperazine rings is 1. The summed E-state index contributed by atoms with van der Waals surface area (Å²) in [5, 5.41) is 4.04. The summed E-state index contributed by atoms with van der Waals surface area (Å²) < 4.78 is 10.7. The number of ether oxygens (including phenoxy) is 1. The second-order valence-electron chi connectivity index (χ2n) is 7.60. The van der Waals surface area contributed by atoms with Crippen LogP contribution in [-0.4, -0.2) is 52.9 Å². The fraction of sp³-hybridized carbons (Fsp3) is 0.800. The molecule has 0 bridgehead atoms. The molecule has 2 heterocycles. The fourth-order valence-electron chi connectivity index (χ4n) is 2.06. The molecular formula is C15H26N4O3. The Morgan fingerprint density at radius 2 is 1.68 bits per heavy atom. The number of aromatic nitrogens is 2. The number of hydrogen-bond donors (Lipinski definition) is 0. The Hall–Kier alpha value is -1.79. The molecule has 2 rings (SSSR count). The molecule has 1 aromatic heterocycles. The Morgan fingerprint density at radius 1 is 1.09 bits per heavy atom. The van der Waals surface area contributed by atoms with Crippen LogP contribution in [0.1, 0.15) is 47.4 Å². The highest BCUT2D eigenvalue weighted by molar-refractivity contribution is 5.68. The van der Waals surface area contributed by atoms with Gasteiger partial charge in [0.25, 0.3) is 5.95 Å². The maximum atomic E-state index is 12.0. The summed E-state index contributed by atoms with van der Waals surface area (Å²) in [6.45, 7) is 14.2. The summed E-state index contributed by atoms with van der Waals surface area (Å²) in [6, 6.07) is 0. The Balaban J connectivity index is 1.92. The minimum Gasteiger partial charge on any atom is -0.444 e. The van der Waals surface area contributed by atoms with Crippen LogP contribution >= 0.6 is 0 Å². The minimum absolute atomic E-state index is 0.163. The Bertz CT molecular complexity index is 520. The highest BCUT2D eigenvalue weighted by Crippen LogP contribution is 2.23. The number of nitrogens with zero attached hydrogens (tertiary/aromatic N) is 4. The van der Waals surface area contributed by atoms with E-state index in [1.165, 1.54) is 0 Å². The van der Waals surface area contributed by atoms with Crippen molar-refractivity contribution in [1.29, 1.82) is 0 Å². The van der Waals surface area contributed by atoms with E-state index in [4.69, 9.17) is 9.26 Å². The van der Waals surface area contributed by atoms with E-state index in [1.807, 2.05) is 46.4 Å². The molecule has 22 heavy (non-hydrogen) atoms. The zero-order chi connectivity index (χ0) is 16.5. The van der Waals surface area contributed by atoms with Gasteiger partial charge < -0.3 is 19.1 Å². The van der Waals surface area contributed by atoms with Crippen molar-refractivity contribution in [3.63, 3.8) is 0 Å². The summed E-state index contributed by atoms with van der Waals surface area (Å²) in [7, 11) is 0. The number of carbonyl (C=O) groups excluding carboxylic acids is 1. The van der Waals surface area contributed by atoms with Crippen molar-refractivity contribution in [2.75, 3.05) is 31.1 Å². The van der Waals surface area contributed by atoms with Gasteiger partial charge in [0, 0.05) is 31.6 Å². The third-order valence-corrected chi connectivity index (χ3v) is 3.27. The van der Waals surface area contributed by atoms with Gasteiger partial charge in [0.1, 0.15) is 5.60 Å². The quantitative estimate of drug-likeness (QED) is 0.793. The average molecular weight is 310 g/mol. The zero-order valence-electron chi connectivity index (χ0n) is 14.3. The molecule has 0 unspecified atom stereocenters. The molecule has 1 saturated heterocycles. The van der Waals surface area contributed by atoms with Crippen LogP contribution in [-0.2, 0) is 10.2 Å². The van der Waals surface area contributed by atoms with E-state index in [-0.39, 0.29) is 11.5 Å². The van der Waals surface area contributed by atoms with Crippen LogP contribution in [0.25, 0.3) is 0 Å². The van der Waals surface area contributed by atoms with Crippen molar-refractivity contribution in [3.05, 3.63) is 5.89 Å². The first kappa shape index (κ1) is 16.6. The largest absolute Gasteiger partial charge is 0.444 e. The van der Waals surface area contributed by atoms with E-state index in [1.54, 1.807) is 4.90 Å². The molecule has 1 amide bonds. The second kappa shape index (κ2) is 5.78. The number of anilines is 1. The molecule has 7 heteroatoms. The summed E-state index contributed by atoms with van der Waals surface area (Å²) in [6.07, 6.45) is -0.268. The molecule has 0 radical (unpaired) electrons. The van der Waals surface area contributed by atoms with E-state index in [0.29, 0.717) is 38.0 Å². The molecule has 1 fully saturated rings. The van der Waals surface area contributed by atoms with Crippen molar-refractivity contribution in [2.24, 2.45) is 0 Å². The molecule has 1 aromatic rings. The van der Waals surface area contributed by atoms with Crippen LogP contribution in [0.5, 0.6) is 0 Å². The first-order valence-corrected chi connectivity index (χ1v) is 7.63. The summed E-state index contributed by atoms with van der Waals surface area (Å²) >= 11 is 0. The molecule has 0 spiro atoms. The van der Waals surface area contributed by atoms with Gasteiger partial charge >= 0.3 is 6.09 Å². The molecule has 7 nitrogen and oxygen atoms in total. The lowest BCUT2D eigenvalue weighted by Gasteiger charge is -2.34. The highest BCUT2D eigenvalue weighted by Gasteiger charge is 2.29. The van der Waals surface area contributed by atoms with Gasteiger partial charge in [0.2, 0.25) is 5.89 Å². The summed E-state index contributed by atoms with van der Waals surface area (Å²) in [5.74, 6) is 1.21. The first-order valence-electron chi connectivity index (χ1n) is 7.63. The van der Waals surface area contributed by atoms with Crippen molar-refractivity contribution < 1.29 is 14.1 Å². The topological polar surface area (TPSA) is 71.7 Å².